The molecule has 0 saturated carbocycles. The van der Waals surface area contributed by atoms with E-state index >= 15 is 0 Å². The molecule has 0 aliphatic carbocycles. The Kier molecular flexibility index (Phi) is 12.7. The summed E-state index contributed by atoms with van der Waals surface area (Å²) in [5, 5.41) is 13.5. The van der Waals surface area contributed by atoms with E-state index in [1.807, 2.05) is 32.0 Å². The highest BCUT2D eigenvalue weighted by Gasteiger charge is 2.21. The number of aryl methyl sites for hydroxylation is 1. The Morgan fingerprint density at radius 3 is 2.10 bits per heavy atom. The van der Waals surface area contributed by atoms with E-state index in [2.05, 4.69) is 29.7 Å². The van der Waals surface area contributed by atoms with Crippen LogP contribution in [0.4, 0.5) is 0 Å². The first kappa shape index (κ1) is 26.1. The molecule has 1 aromatic carbocycles. The normalized spacial score (nSPS) is 12.2. The topological polar surface area (TPSA) is 165 Å². The SMILES string of the molecule is CC(C)CC(N)C(=O)NCC(=O)NC(CCC(N)=O)C(=O)O.Cc1ccccc1. The molecular formula is C20H32N4O5. The van der Waals surface area contributed by atoms with E-state index in [0.29, 0.717) is 6.42 Å². The Morgan fingerprint density at radius 1 is 1.10 bits per heavy atom. The lowest BCUT2D eigenvalue weighted by Gasteiger charge is -2.16. The Bertz CT molecular complexity index is 664. The number of nitrogens with two attached hydrogens (primary N) is 2. The molecule has 0 bridgehead atoms. The molecule has 0 fully saturated rings. The molecule has 2 atom stereocenters. The highest BCUT2D eigenvalue weighted by molar-refractivity contribution is 5.89. The van der Waals surface area contributed by atoms with Crippen LogP contribution in [0.15, 0.2) is 30.3 Å². The third-order valence-corrected chi connectivity index (χ3v) is 3.74. The molecule has 3 amide bonds. The second-order valence-electron chi connectivity index (χ2n) is 7.07. The minimum absolute atomic E-state index is 0.114. The fourth-order valence-electron chi connectivity index (χ4n) is 2.24. The van der Waals surface area contributed by atoms with E-state index in [9.17, 15) is 19.2 Å². The van der Waals surface area contributed by atoms with Gasteiger partial charge < -0.3 is 27.2 Å². The number of primary amides is 1. The summed E-state index contributed by atoms with van der Waals surface area (Å²) in [5.41, 5.74) is 11.9. The summed E-state index contributed by atoms with van der Waals surface area (Å²) < 4.78 is 0. The number of hydrogen-bond acceptors (Lipinski definition) is 5. The Balaban J connectivity index is 0.000000929. The monoisotopic (exact) mass is 408 g/mol. The van der Waals surface area contributed by atoms with Crippen LogP contribution in [0, 0.1) is 12.8 Å². The van der Waals surface area contributed by atoms with Crippen molar-refractivity contribution in [2.24, 2.45) is 17.4 Å². The zero-order valence-corrected chi connectivity index (χ0v) is 17.2. The number of carbonyl (C=O) groups excluding carboxylic acids is 3. The molecule has 162 valence electrons. The van der Waals surface area contributed by atoms with Crippen molar-refractivity contribution in [2.75, 3.05) is 6.54 Å². The Hall–Kier alpha value is -2.94. The predicted octanol–water partition coefficient (Wildman–Crippen LogP) is 0.306. The number of carboxylic acids is 1. The second-order valence-corrected chi connectivity index (χ2v) is 7.07. The van der Waals surface area contributed by atoms with E-state index in [1.54, 1.807) is 0 Å². The molecule has 9 nitrogen and oxygen atoms in total. The van der Waals surface area contributed by atoms with Gasteiger partial charge in [0.2, 0.25) is 17.7 Å². The average molecular weight is 408 g/mol. The summed E-state index contributed by atoms with van der Waals surface area (Å²) in [6, 6.07) is 8.30. The van der Waals surface area contributed by atoms with Gasteiger partial charge in [-0.05, 0) is 25.7 Å². The van der Waals surface area contributed by atoms with Crippen LogP contribution in [0.1, 0.15) is 38.7 Å². The molecule has 0 saturated heterocycles. The predicted molar refractivity (Wildman–Crippen MR) is 110 cm³/mol. The van der Waals surface area contributed by atoms with Crippen LogP contribution in [0.5, 0.6) is 0 Å². The summed E-state index contributed by atoms with van der Waals surface area (Å²) >= 11 is 0. The van der Waals surface area contributed by atoms with Crippen LogP contribution < -0.4 is 22.1 Å². The summed E-state index contributed by atoms with van der Waals surface area (Å²) in [6.07, 6.45) is 0.198. The van der Waals surface area contributed by atoms with E-state index in [-0.39, 0.29) is 25.3 Å². The highest BCUT2D eigenvalue weighted by atomic mass is 16.4. The molecule has 9 heteroatoms. The van der Waals surface area contributed by atoms with Gasteiger partial charge in [0.15, 0.2) is 0 Å². The van der Waals surface area contributed by atoms with E-state index < -0.39 is 35.8 Å². The molecule has 0 aliphatic rings. The summed E-state index contributed by atoms with van der Waals surface area (Å²) in [4.78, 5) is 44.8. The summed E-state index contributed by atoms with van der Waals surface area (Å²) in [6.45, 7) is 5.52. The van der Waals surface area contributed by atoms with Crippen LogP contribution in [-0.4, -0.2) is 47.4 Å². The minimum atomic E-state index is -1.28. The molecule has 0 radical (unpaired) electrons. The molecule has 1 aromatic rings. The third-order valence-electron chi connectivity index (χ3n) is 3.74. The van der Waals surface area contributed by atoms with Gasteiger partial charge in [0.05, 0.1) is 12.6 Å². The largest absolute Gasteiger partial charge is 0.480 e. The maximum Gasteiger partial charge on any atom is 0.326 e. The molecule has 0 heterocycles. The zero-order valence-electron chi connectivity index (χ0n) is 17.2. The van der Waals surface area contributed by atoms with E-state index in [1.165, 1.54) is 5.56 Å². The van der Waals surface area contributed by atoms with Crippen molar-refractivity contribution in [3.63, 3.8) is 0 Å². The lowest BCUT2D eigenvalue weighted by molar-refractivity contribution is -0.142. The van der Waals surface area contributed by atoms with Gasteiger partial charge in [-0.25, -0.2) is 4.79 Å². The van der Waals surface area contributed by atoms with Crippen LogP contribution >= 0.6 is 0 Å². The van der Waals surface area contributed by atoms with Gasteiger partial charge in [-0.1, -0.05) is 49.7 Å². The number of carboxylic acid groups (broad SMARTS) is 1. The van der Waals surface area contributed by atoms with Gasteiger partial charge in [-0.2, -0.15) is 0 Å². The molecule has 0 aliphatic heterocycles. The number of benzene rings is 1. The van der Waals surface area contributed by atoms with E-state index in [0.717, 1.165) is 0 Å². The fraction of sp³-hybridized carbons (Fsp3) is 0.500. The van der Waals surface area contributed by atoms with Crippen LogP contribution in [0.3, 0.4) is 0 Å². The van der Waals surface area contributed by atoms with Gasteiger partial charge in [0.1, 0.15) is 6.04 Å². The molecule has 2 unspecified atom stereocenters. The minimum Gasteiger partial charge on any atom is -0.480 e. The fourth-order valence-corrected chi connectivity index (χ4v) is 2.24. The van der Waals surface area contributed by atoms with Crippen molar-refractivity contribution in [1.29, 1.82) is 0 Å². The van der Waals surface area contributed by atoms with Gasteiger partial charge in [-0.15, -0.1) is 0 Å². The van der Waals surface area contributed by atoms with Gasteiger partial charge in [0.25, 0.3) is 0 Å². The van der Waals surface area contributed by atoms with E-state index in [4.69, 9.17) is 16.6 Å². The van der Waals surface area contributed by atoms with Crippen molar-refractivity contribution in [3.8, 4) is 0 Å². The Labute approximate surface area is 171 Å². The standard InChI is InChI=1S/C13H24N4O5.C7H8/c1-7(2)5-8(14)12(20)16-6-11(19)17-9(13(21)22)3-4-10(15)18;1-7-5-3-2-4-6-7/h7-9H,3-6,14H2,1-2H3,(H2,15,18)(H,16,20)(H,17,19)(H,21,22);2-6H,1H3. The first-order valence-electron chi connectivity index (χ1n) is 9.38. The molecule has 0 spiro atoms. The maximum absolute atomic E-state index is 11.6. The van der Waals surface area contributed by atoms with Crippen LogP contribution in [0.25, 0.3) is 0 Å². The highest BCUT2D eigenvalue weighted by Crippen LogP contribution is 2.02. The van der Waals surface area contributed by atoms with Crippen molar-refractivity contribution in [3.05, 3.63) is 35.9 Å². The number of rotatable bonds is 10. The lowest BCUT2D eigenvalue weighted by atomic mass is 10.0. The number of aliphatic carboxylic acids is 1. The molecule has 29 heavy (non-hydrogen) atoms. The number of hydrogen-bond donors (Lipinski definition) is 5. The molecule has 0 aromatic heterocycles. The van der Waals surface area contributed by atoms with Crippen molar-refractivity contribution >= 4 is 23.7 Å². The smallest absolute Gasteiger partial charge is 0.326 e. The van der Waals surface area contributed by atoms with Crippen LogP contribution in [0.2, 0.25) is 0 Å². The number of amides is 3. The van der Waals surface area contributed by atoms with Crippen LogP contribution in [-0.2, 0) is 19.2 Å². The number of carbonyl (C=O) groups is 4. The quantitative estimate of drug-likeness (QED) is 0.374. The van der Waals surface area contributed by atoms with Crippen molar-refractivity contribution in [2.45, 2.75) is 52.1 Å². The van der Waals surface area contributed by atoms with Gasteiger partial charge >= 0.3 is 5.97 Å². The molecular weight excluding hydrogens is 376 g/mol. The van der Waals surface area contributed by atoms with Gasteiger partial charge in [0, 0.05) is 6.42 Å². The third kappa shape index (κ3) is 13.8. The Morgan fingerprint density at radius 2 is 1.69 bits per heavy atom. The zero-order chi connectivity index (χ0) is 22.4. The second kappa shape index (κ2) is 14.1. The first-order chi connectivity index (χ1) is 13.5. The summed E-state index contributed by atoms with van der Waals surface area (Å²) in [7, 11) is 0. The van der Waals surface area contributed by atoms with Crippen molar-refractivity contribution in [1.82, 2.24) is 10.6 Å². The maximum atomic E-state index is 11.6. The van der Waals surface area contributed by atoms with Crippen molar-refractivity contribution < 1.29 is 24.3 Å². The first-order valence-corrected chi connectivity index (χ1v) is 9.38. The van der Waals surface area contributed by atoms with Gasteiger partial charge in [-0.3, -0.25) is 14.4 Å². The molecule has 7 N–H and O–H groups in total. The molecule has 1 rings (SSSR count). The summed E-state index contributed by atoms with van der Waals surface area (Å²) in [5.74, 6) is -2.86. The number of nitrogens with one attached hydrogen (secondary N) is 2. The lowest BCUT2D eigenvalue weighted by Crippen LogP contribution is -2.48. The average Bonchev–Trinajstić information content (AvgIpc) is 2.63.